The van der Waals surface area contributed by atoms with Crippen LogP contribution in [0.15, 0.2) is 47.5 Å². The summed E-state index contributed by atoms with van der Waals surface area (Å²) in [7, 11) is 0. The van der Waals surface area contributed by atoms with Crippen molar-refractivity contribution in [3.8, 4) is 0 Å². The predicted octanol–water partition coefficient (Wildman–Crippen LogP) is 3.86. The molecule has 26 heavy (non-hydrogen) atoms. The molecule has 5 nitrogen and oxygen atoms in total. The Labute approximate surface area is 157 Å². The van der Waals surface area contributed by atoms with Gasteiger partial charge in [-0.25, -0.2) is 4.99 Å². The molecule has 0 aromatic heterocycles. The second-order valence-corrected chi connectivity index (χ2v) is 7.67. The Kier molecular flexibility index (Phi) is 5.42. The van der Waals surface area contributed by atoms with E-state index in [-0.39, 0.29) is 18.2 Å². The molecule has 1 fully saturated rings. The van der Waals surface area contributed by atoms with Gasteiger partial charge in [-0.3, -0.25) is 9.59 Å². The maximum atomic E-state index is 12.6. The Morgan fingerprint density at radius 1 is 1.08 bits per heavy atom. The van der Waals surface area contributed by atoms with Crippen molar-refractivity contribution >= 4 is 40.1 Å². The standard InChI is InChI=1S/C20H21N3O2S/c1-12-4-6-15(7-5-12)22-20-23-18(24)11-17(26-20)19(25)21-16-9-13(2)8-14(3)10-16/h4-10,17H,11H2,1-3H3,(H,21,25)(H,22,23,24)/t17-/m0/s1. The molecule has 1 atom stereocenters. The zero-order valence-corrected chi connectivity index (χ0v) is 15.8. The summed E-state index contributed by atoms with van der Waals surface area (Å²) in [6, 6.07) is 13.6. The first-order valence-electron chi connectivity index (χ1n) is 8.40. The van der Waals surface area contributed by atoms with E-state index in [1.807, 2.05) is 63.2 Å². The highest BCUT2D eigenvalue weighted by Gasteiger charge is 2.30. The van der Waals surface area contributed by atoms with Crippen LogP contribution in [-0.2, 0) is 9.59 Å². The number of nitrogens with zero attached hydrogens (tertiary/aromatic N) is 1. The summed E-state index contributed by atoms with van der Waals surface area (Å²) >= 11 is 1.28. The lowest BCUT2D eigenvalue weighted by molar-refractivity contribution is -0.123. The quantitative estimate of drug-likeness (QED) is 0.865. The molecule has 134 valence electrons. The predicted molar refractivity (Wildman–Crippen MR) is 107 cm³/mol. The van der Waals surface area contributed by atoms with Gasteiger partial charge in [-0.05, 0) is 56.2 Å². The molecule has 1 aliphatic heterocycles. The number of amides is 2. The summed E-state index contributed by atoms with van der Waals surface area (Å²) in [5.41, 5.74) is 4.79. The number of amidine groups is 1. The summed E-state index contributed by atoms with van der Waals surface area (Å²) in [6.45, 7) is 5.97. The summed E-state index contributed by atoms with van der Waals surface area (Å²) in [4.78, 5) is 29.1. The number of hydrogen-bond donors (Lipinski definition) is 2. The van der Waals surface area contributed by atoms with E-state index in [0.717, 1.165) is 28.1 Å². The SMILES string of the molecule is Cc1ccc(N=C2NC(=O)C[C@@H](C(=O)Nc3cc(C)cc(C)c3)S2)cc1. The van der Waals surface area contributed by atoms with Crippen LogP contribution in [0.5, 0.6) is 0 Å². The van der Waals surface area contributed by atoms with E-state index in [2.05, 4.69) is 15.6 Å². The highest BCUT2D eigenvalue weighted by atomic mass is 32.2. The molecule has 6 heteroatoms. The van der Waals surface area contributed by atoms with Crippen molar-refractivity contribution in [3.05, 3.63) is 59.2 Å². The molecule has 3 rings (SSSR count). The summed E-state index contributed by atoms with van der Waals surface area (Å²) in [5.74, 6) is -0.387. The van der Waals surface area contributed by atoms with Crippen molar-refractivity contribution in [2.75, 3.05) is 5.32 Å². The lowest BCUT2D eigenvalue weighted by Crippen LogP contribution is -2.41. The molecule has 2 amide bonds. The molecule has 0 radical (unpaired) electrons. The maximum Gasteiger partial charge on any atom is 0.238 e. The van der Waals surface area contributed by atoms with Crippen LogP contribution in [0.25, 0.3) is 0 Å². The zero-order valence-electron chi connectivity index (χ0n) is 15.0. The Bertz CT molecular complexity index is 855. The third-order valence-corrected chi connectivity index (χ3v) is 5.00. The molecule has 2 aromatic rings. The number of benzene rings is 2. The van der Waals surface area contributed by atoms with Crippen LogP contribution in [-0.4, -0.2) is 22.2 Å². The first kappa shape index (κ1) is 18.2. The van der Waals surface area contributed by atoms with E-state index in [4.69, 9.17) is 0 Å². The van der Waals surface area contributed by atoms with Crippen molar-refractivity contribution in [2.24, 2.45) is 4.99 Å². The monoisotopic (exact) mass is 367 g/mol. The Balaban J connectivity index is 1.73. The largest absolute Gasteiger partial charge is 0.325 e. The summed E-state index contributed by atoms with van der Waals surface area (Å²) in [6.07, 6.45) is 0.133. The van der Waals surface area contributed by atoms with Gasteiger partial charge >= 0.3 is 0 Å². The number of hydrogen-bond acceptors (Lipinski definition) is 4. The lowest BCUT2D eigenvalue weighted by Gasteiger charge is -2.22. The topological polar surface area (TPSA) is 70.6 Å². The van der Waals surface area contributed by atoms with Crippen LogP contribution in [0.3, 0.4) is 0 Å². The van der Waals surface area contributed by atoms with E-state index in [9.17, 15) is 9.59 Å². The van der Waals surface area contributed by atoms with E-state index in [1.54, 1.807) is 0 Å². The Hall–Kier alpha value is -2.60. The molecule has 0 saturated carbocycles. The number of carbonyl (C=O) groups is 2. The second kappa shape index (κ2) is 7.74. The average molecular weight is 367 g/mol. The molecular formula is C20H21N3O2S. The number of aryl methyl sites for hydroxylation is 3. The lowest BCUT2D eigenvalue weighted by atomic mass is 10.1. The van der Waals surface area contributed by atoms with Gasteiger partial charge in [0, 0.05) is 12.1 Å². The van der Waals surface area contributed by atoms with Gasteiger partial charge in [-0.15, -0.1) is 0 Å². The van der Waals surface area contributed by atoms with E-state index < -0.39 is 5.25 Å². The van der Waals surface area contributed by atoms with E-state index in [1.165, 1.54) is 11.8 Å². The van der Waals surface area contributed by atoms with Crippen molar-refractivity contribution in [3.63, 3.8) is 0 Å². The molecule has 0 aliphatic carbocycles. The molecule has 0 unspecified atom stereocenters. The first-order chi connectivity index (χ1) is 12.4. The van der Waals surface area contributed by atoms with Gasteiger partial charge in [-0.1, -0.05) is 35.5 Å². The van der Waals surface area contributed by atoms with Crippen molar-refractivity contribution in [1.82, 2.24) is 5.32 Å². The third-order valence-electron chi connectivity index (χ3n) is 3.92. The minimum absolute atomic E-state index is 0.133. The van der Waals surface area contributed by atoms with Crippen LogP contribution >= 0.6 is 11.8 Å². The Morgan fingerprint density at radius 2 is 1.73 bits per heavy atom. The number of anilines is 1. The van der Waals surface area contributed by atoms with Gasteiger partial charge in [0.15, 0.2) is 5.17 Å². The van der Waals surface area contributed by atoms with E-state index >= 15 is 0 Å². The van der Waals surface area contributed by atoms with Gasteiger partial charge in [0.1, 0.15) is 5.25 Å². The van der Waals surface area contributed by atoms with Gasteiger partial charge in [-0.2, -0.15) is 0 Å². The number of rotatable bonds is 3. The molecule has 1 aliphatic rings. The third kappa shape index (κ3) is 4.73. The maximum absolute atomic E-state index is 12.6. The zero-order chi connectivity index (χ0) is 18.7. The average Bonchev–Trinajstić information content (AvgIpc) is 2.55. The van der Waals surface area contributed by atoms with Gasteiger partial charge < -0.3 is 10.6 Å². The fourth-order valence-corrected chi connectivity index (χ4v) is 3.75. The fraction of sp³-hybridized carbons (Fsp3) is 0.250. The van der Waals surface area contributed by atoms with Crippen LogP contribution in [0.4, 0.5) is 11.4 Å². The van der Waals surface area contributed by atoms with Crippen LogP contribution in [0.1, 0.15) is 23.1 Å². The minimum Gasteiger partial charge on any atom is -0.325 e. The number of carbonyl (C=O) groups excluding carboxylic acids is 2. The summed E-state index contributed by atoms with van der Waals surface area (Å²) < 4.78 is 0. The molecule has 2 N–H and O–H groups in total. The van der Waals surface area contributed by atoms with Gasteiger partial charge in [0.2, 0.25) is 11.8 Å². The molecule has 1 heterocycles. The number of nitrogens with one attached hydrogen (secondary N) is 2. The Morgan fingerprint density at radius 3 is 2.38 bits per heavy atom. The highest BCUT2D eigenvalue weighted by Crippen LogP contribution is 2.25. The van der Waals surface area contributed by atoms with Gasteiger partial charge in [0.05, 0.1) is 5.69 Å². The highest BCUT2D eigenvalue weighted by molar-refractivity contribution is 8.15. The number of thioether (sulfide) groups is 1. The number of aliphatic imine (C=N–C) groups is 1. The second-order valence-electron chi connectivity index (χ2n) is 6.48. The van der Waals surface area contributed by atoms with Gasteiger partial charge in [0.25, 0.3) is 0 Å². The van der Waals surface area contributed by atoms with Crippen LogP contribution < -0.4 is 10.6 Å². The molecule has 1 saturated heterocycles. The summed E-state index contributed by atoms with van der Waals surface area (Å²) in [5, 5.41) is 5.60. The van der Waals surface area contributed by atoms with Crippen LogP contribution in [0.2, 0.25) is 0 Å². The normalized spacial score (nSPS) is 18.5. The molecule has 0 bridgehead atoms. The van der Waals surface area contributed by atoms with Crippen molar-refractivity contribution < 1.29 is 9.59 Å². The van der Waals surface area contributed by atoms with Crippen molar-refractivity contribution in [2.45, 2.75) is 32.4 Å². The molecular weight excluding hydrogens is 346 g/mol. The van der Waals surface area contributed by atoms with E-state index in [0.29, 0.717) is 5.17 Å². The smallest absolute Gasteiger partial charge is 0.238 e. The molecule has 0 spiro atoms. The fourth-order valence-electron chi connectivity index (χ4n) is 2.75. The molecule has 2 aromatic carbocycles. The van der Waals surface area contributed by atoms with Crippen molar-refractivity contribution in [1.29, 1.82) is 0 Å². The first-order valence-corrected chi connectivity index (χ1v) is 9.28. The van der Waals surface area contributed by atoms with Crippen LogP contribution in [0, 0.1) is 20.8 Å². The minimum atomic E-state index is -0.506.